The van der Waals surface area contributed by atoms with Gasteiger partial charge in [-0.25, -0.2) is 9.37 Å². The summed E-state index contributed by atoms with van der Waals surface area (Å²) in [6, 6.07) is 7.44. The maximum Gasteiger partial charge on any atom is 0.213 e. The second-order valence-electron chi connectivity index (χ2n) is 7.22. The first kappa shape index (κ1) is 16.9. The molecule has 1 atom stereocenters. The van der Waals surface area contributed by atoms with E-state index in [1.807, 2.05) is 18.2 Å². The number of hydrogen-bond acceptors (Lipinski definition) is 3. The lowest BCUT2D eigenvalue weighted by Crippen LogP contribution is -2.16. The van der Waals surface area contributed by atoms with Crippen molar-refractivity contribution in [3.05, 3.63) is 47.4 Å². The molecule has 1 heterocycles. The van der Waals surface area contributed by atoms with Gasteiger partial charge in [-0.2, -0.15) is 0 Å². The van der Waals surface area contributed by atoms with Gasteiger partial charge in [-0.05, 0) is 40.9 Å². The van der Waals surface area contributed by atoms with Crippen LogP contribution in [0.15, 0.2) is 30.5 Å². The molecular formula is C20H24FNO2. The third-order valence-corrected chi connectivity index (χ3v) is 5.26. The minimum absolute atomic E-state index is 0.0113. The summed E-state index contributed by atoms with van der Waals surface area (Å²) in [5.41, 5.74) is 3.50. The molecule has 0 bridgehead atoms. The number of aliphatic hydroxyl groups excluding tert-OH is 1. The SMILES string of the molecule is COc1cc(-c2ccc(CO)cc2[C@@H]2CCCC2(C)C)c(F)cn1. The van der Waals surface area contributed by atoms with Gasteiger partial charge in [-0.3, -0.25) is 0 Å². The Labute approximate surface area is 142 Å². The molecule has 0 unspecified atom stereocenters. The first-order valence-corrected chi connectivity index (χ1v) is 8.40. The van der Waals surface area contributed by atoms with Gasteiger partial charge in [-0.1, -0.05) is 38.5 Å². The molecule has 1 aliphatic carbocycles. The first-order chi connectivity index (χ1) is 11.5. The molecule has 1 saturated carbocycles. The molecule has 0 aliphatic heterocycles. The Morgan fingerprint density at radius 2 is 2.08 bits per heavy atom. The fourth-order valence-electron chi connectivity index (χ4n) is 3.88. The van der Waals surface area contributed by atoms with E-state index in [1.165, 1.54) is 19.7 Å². The normalized spacial score (nSPS) is 19.5. The molecule has 1 N–H and O–H groups in total. The van der Waals surface area contributed by atoms with Crippen LogP contribution in [0.25, 0.3) is 11.1 Å². The molecule has 0 saturated heterocycles. The maximum atomic E-state index is 14.5. The topological polar surface area (TPSA) is 42.4 Å². The summed E-state index contributed by atoms with van der Waals surface area (Å²) in [5, 5.41) is 9.53. The largest absolute Gasteiger partial charge is 0.481 e. The number of halogens is 1. The third kappa shape index (κ3) is 3.03. The van der Waals surface area contributed by atoms with Gasteiger partial charge in [0.25, 0.3) is 0 Å². The van der Waals surface area contributed by atoms with Crippen LogP contribution in [-0.4, -0.2) is 17.2 Å². The summed E-state index contributed by atoms with van der Waals surface area (Å²) in [4.78, 5) is 3.94. The van der Waals surface area contributed by atoms with Crippen molar-refractivity contribution >= 4 is 0 Å². The second-order valence-corrected chi connectivity index (χ2v) is 7.22. The maximum absolute atomic E-state index is 14.5. The van der Waals surface area contributed by atoms with Gasteiger partial charge in [0, 0.05) is 11.6 Å². The number of benzene rings is 1. The van der Waals surface area contributed by atoms with Crippen molar-refractivity contribution in [2.24, 2.45) is 5.41 Å². The molecule has 1 aromatic carbocycles. The highest BCUT2D eigenvalue weighted by Crippen LogP contribution is 2.51. The molecule has 2 aromatic rings. The number of nitrogens with zero attached hydrogens (tertiary/aromatic N) is 1. The van der Waals surface area contributed by atoms with Crippen molar-refractivity contribution < 1.29 is 14.2 Å². The Hall–Kier alpha value is -1.94. The van der Waals surface area contributed by atoms with Crippen LogP contribution in [0.4, 0.5) is 4.39 Å². The number of methoxy groups -OCH3 is 1. The summed E-state index contributed by atoms with van der Waals surface area (Å²) in [5.74, 6) is 0.386. The van der Waals surface area contributed by atoms with Crippen LogP contribution in [0.5, 0.6) is 5.88 Å². The van der Waals surface area contributed by atoms with E-state index < -0.39 is 0 Å². The van der Waals surface area contributed by atoms with Crippen LogP contribution in [-0.2, 0) is 6.61 Å². The lowest BCUT2D eigenvalue weighted by molar-refractivity contribution is 0.281. The van der Waals surface area contributed by atoms with Crippen molar-refractivity contribution in [3.63, 3.8) is 0 Å². The fourth-order valence-corrected chi connectivity index (χ4v) is 3.88. The Bertz CT molecular complexity index is 742. The smallest absolute Gasteiger partial charge is 0.213 e. The van der Waals surface area contributed by atoms with Gasteiger partial charge in [0.1, 0.15) is 5.82 Å². The molecule has 3 nitrogen and oxygen atoms in total. The average Bonchev–Trinajstić information content (AvgIpc) is 2.94. The Morgan fingerprint density at radius 3 is 2.71 bits per heavy atom. The molecule has 1 fully saturated rings. The van der Waals surface area contributed by atoms with Crippen molar-refractivity contribution in [2.75, 3.05) is 7.11 Å². The first-order valence-electron chi connectivity index (χ1n) is 8.40. The summed E-state index contributed by atoms with van der Waals surface area (Å²) >= 11 is 0. The van der Waals surface area contributed by atoms with Crippen molar-refractivity contribution in [3.8, 4) is 17.0 Å². The monoisotopic (exact) mass is 329 g/mol. The summed E-state index contributed by atoms with van der Waals surface area (Å²) in [6.07, 6.45) is 4.61. The van der Waals surface area contributed by atoms with Gasteiger partial charge < -0.3 is 9.84 Å². The van der Waals surface area contributed by atoms with E-state index in [1.54, 1.807) is 6.07 Å². The predicted molar refractivity (Wildman–Crippen MR) is 92.5 cm³/mol. The zero-order chi connectivity index (χ0) is 17.3. The van der Waals surface area contributed by atoms with Gasteiger partial charge in [0.05, 0.1) is 19.9 Å². The summed E-state index contributed by atoms with van der Waals surface area (Å²) in [6.45, 7) is 4.52. The molecule has 1 aromatic heterocycles. The highest BCUT2D eigenvalue weighted by molar-refractivity contribution is 5.70. The fraction of sp³-hybridized carbons (Fsp3) is 0.450. The summed E-state index contributed by atoms with van der Waals surface area (Å²) in [7, 11) is 1.53. The van der Waals surface area contributed by atoms with Crippen LogP contribution in [0.3, 0.4) is 0 Å². The lowest BCUT2D eigenvalue weighted by atomic mass is 9.75. The van der Waals surface area contributed by atoms with Gasteiger partial charge in [-0.15, -0.1) is 0 Å². The molecule has 0 spiro atoms. The number of aromatic nitrogens is 1. The van der Waals surface area contributed by atoms with Crippen LogP contribution in [0.2, 0.25) is 0 Å². The Balaban J connectivity index is 2.18. The molecule has 4 heteroatoms. The number of aliphatic hydroxyl groups is 1. The molecule has 1 aliphatic rings. The van der Waals surface area contributed by atoms with Gasteiger partial charge in [0.15, 0.2) is 0 Å². The van der Waals surface area contributed by atoms with Crippen LogP contribution in [0.1, 0.15) is 50.2 Å². The van der Waals surface area contributed by atoms with E-state index >= 15 is 0 Å². The Morgan fingerprint density at radius 1 is 1.29 bits per heavy atom. The second kappa shape index (κ2) is 6.52. The highest BCUT2D eigenvalue weighted by atomic mass is 19.1. The third-order valence-electron chi connectivity index (χ3n) is 5.26. The van der Waals surface area contributed by atoms with E-state index in [4.69, 9.17) is 4.74 Å². The molecule has 128 valence electrons. The molecule has 3 rings (SSSR count). The zero-order valence-electron chi connectivity index (χ0n) is 14.5. The molecule has 0 amide bonds. The highest BCUT2D eigenvalue weighted by Gasteiger charge is 2.37. The average molecular weight is 329 g/mol. The minimum Gasteiger partial charge on any atom is -0.481 e. The number of hydrogen-bond donors (Lipinski definition) is 1. The molecule has 24 heavy (non-hydrogen) atoms. The standard InChI is InChI=1S/C20H24FNO2/c1-20(2)8-4-5-17(20)15-9-13(12-23)6-7-14(15)16-10-19(24-3)22-11-18(16)21/h6-7,9-11,17,23H,4-5,8,12H2,1-3H3/t17-/m0/s1. The zero-order valence-corrected chi connectivity index (χ0v) is 14.5. The van der Waals surface area contributed by atoms with Crippen molar-refractivity contribution in [1.29, 1.82) is 0 Å². The molecular weight excluding hydrogens is 305 g/mol. The van der Waals surface area contributed by atoms with Crippen LogP contribution in [0, 0.1) is 11.2 Å². The van der Waals surface area contributed by atoms with E-state index in [0.29, 0.717) is 17.4 Å². The van der Waals surface area contributed by atoms with Crippen LogP contribution >= 0.6 is 0 Å². The minimum atomic E-state index is -0.357. The van der Waals surface area contributed by atoms with Gasteiger partial charge in [0.2, 0.25) is 5.88 Å². The quantitative estimate of drug-likeness (QED) is 0.885. The van der Waals surface area contributed by atoms with Gasteiger partial charge >= 0.3 is 0 Å². The number of pyridine rings is 1. The lowest BCUT2D eigenvalue weighted by Gasteiger charge is -2.29. The Kier molecular flexibility index (Phi) is 4.59. The van der Waals surface area contributed by atoms with Crippen LogP contribution < -0.4 is 4.74 Å². The van der Waals surface area contributed by atoms with E-state index in [2.05, 4.69) is 18.8 Å². The predicted octanol–water partition coefficient (Wildman–Crippen LogP) is 4.68. The number of ether oxygens (including phenoxy) is 1. The van der Waals surface area contributed by atoms with E-state index in [0.717, 1.165) is 29.5 Å². The summed E-state index contributed by atoms with van der Waals surface area (Å²) < 4.78 is 19.6. The van der Waals surface area contributed by atoms with E-state index in [9.17, 15) is 9.50 Å². The number of rotatable bonds is 4. The van der Waals surface area contributed by atoms with Crippen molar-refractivity contribution in [1.82, 2.24) is 4.98 Å². The van der Waals surface area contributed by atoms with Crippen molar-refractivity contribution in [2.45, 2.75) is 45.6 Å². The van der Waals surface area contributed by atoms with E-state index in [-0.39, 0.29) is 17.8 Å². The molecule has 0 radical (unpaired) electrons.